The molecule has 1 aromatic heterocycles. The number of hydrogen-bond acceptors (Lipinski definition) is 4. The van der Waals surface area contributed by atoms with Crippen molar-refractivity contribution in [3.8, 4) is 22.6 Å². The SMILES string of the molecule is COc1cccc([C@@H](C)NCc2ccc(OC)c(-c3ccncc3)c2)c1. The van der Waals surface area contributed by atoms with Crippen LogP contribution in [0.15, 0.2) is 67.0 Å². The maximum absolute atomic E-state index is 5.52. The third kappa shape index (κ3) is 4.21. The molecule has 2 aromatic carbocycles. The fourth-order valence-corrected chi connectivity index (χ4v) is 2.92. The fourth-order valence-electron chi connectivity index (χ4n) is 2.92. The zero-order valence-corrected chi connectivity index (χ0v) is 15.4. The molecule has 0 spiro atoms. The molecule has 0 fully saturated rings. The standard InChI is InChI=1S/C22H24N2O2/c1-16(19-5-4-6-20(14-19)25-2)24-15-17-7-8-22(26-3)21(13-17)18-9-11-23-12-10-18/h4-14,16,24H,15H2,1-3H3/t16-/m1/s1. The summed E-state index contributed by atoms with van der Waals surface area (Å²) in [6.45, 7) is 2.92. The molecule has 0 aliphatic carbocycles. The van der Waals surface area contributed by atoms with Crippen molar-refractivity contribution in [3.05, 3.63) is 78.1 Å². The highest BCUT2D eigenvalue weighted by atomic mass is 16.5. The van der Waals surface area contributed by atoms with Gasteiger partial charge in [0.25, 0.3) is 0 Å². The molecule has 0 aliphatic heterocycles. The summed E-state index contributed by atoms with van der Waals surface area (Å²) in [6, 6.07) is 18.6. The lowest BCUT2D eigenvalue weighted by Gasteiger charge is -2.16. The topological polar surface area (TPSA) is 43.4 Å². The van der Waals surface area contributed by atoms with Crippen LogP contribution in [-0.4, -0.2) is 19.2 Å². The van der Waals surface area contributed by atoms with Crippen LogP contribution in [0.3, 0.4) is 0 Å². The Kier molecular flexibility index (Phi) is 5.87. The molecule has 1 heterocycles. The van der Waals surface area contributed by atoms with Crippen LogP contribution >= 0.6 is 0 Å². The predicted octanol–water partition coefficient (Wildman–Crippen LogP) is 4.62. The van der Waals surface area contributed by atoms with Crippen molar-refractivity contribution in [3.63, 3.8) is 0 Å². The zero-order valence-electron chi connectivity index (χ0n) is 15.4. The summed E-state index contributed by atoms with van der Waals surface area (Å²) in [4.78, 5) is 4.09. The molecule has 0 amide bonds. The second-order valence-electron chi connectivity index (χ2n) is 6.15. The lowest BCUT2D eigenvalue weighted by atomic mass is 10.0. The summed E-state index contributed by atoms with van der Waals surface area (Å²) in [7, 11) is 3.39. The molecule has 0 unspecified atom stereocenters. The van der Waals surface area contributed by atoms with Gasteiger partial charge in [-0.05, 0) is 60.0 Å². The normalized spacial score (nSPS) is 11.8. The first-order valence-electron chi connectivity index (χ1n) is 8.66. The van der Waals surface area contributed by atoms with Crippen molar-refractivity contribution in [2.75, 3.05) is 14.2 Å². The molecule has 0 radical (unpaired) electrons. The minimum absolute atomic E-state index is 0.219. The van der Waals surface area contributed by atoms with E-state index in [1.54, 1.807) is 26.6 Å². The molecule has 4 heteroatoms. The molecule has 134 valence electrons. The number of rotatable bonds is 7. The quantitative estimate of drug-likeness (QED) is 0.677. The third-order valence-corrected chi connectivity index (χ3v) is 4.46. The van der Waals surface area contributed by atoms with Crippen LogP contribution in [0.5, 0.6) is 11.5 Å². The van der Waals surface area contributed by atoms with E-state index < -0.39 is 0 Å². The Morgan fingerprint density at radius 3 is 2.50 bits per heavy atom. The molecule has 26 heavy (non-hydrogen) atoms. The minimum atomic E-state index is 0.219. The van der Waals surface area contributed by atoms with Crippen molar-refractivity contribution in [2.24, 2.45) is 0 Å². The minimum Gasteiger partial charge on any atom is -0.497 e. The van der Waals surface area contributed by atoms with Crippen molar-refractivity contribution in [1.29, 1.82) is 0 Å². The summed E-state index contributed by atoms with van der Waals surface area (Å²) >= 11 is 0. The second-order valence-corrected chi connectivity index (χ2v) is 6.15. The van der Waals surface area contributed by atoms with Crippen LogP contribution in [0.1, 0.15) is 24.1 Å². The van der Waals surface area contributed by atoms with Gasteiger partial charge in [-0.25, -0.2) is 0 Å². The molecule has 0 saturated heterocycles. The molecule has 1 N–H and O–H groups in total. The number of nitrogens with one attached hydrogen (secondary N) is 1. The Labute approximate surface area is 154 Å². The largest absolute Gasteiger partial charge is 0.497 e. The molecule has 0 bridgehead atoms. The average molecular weight is 348 g/mol. The molecule has 1 atom stereocenters. The molecule has 4 nitrogen and oxygen atoms in total. The molecule has 3 rings (SSSR count). The highest BCUT2D eigenvalue weighted by Crippen LogP contribution is 2.30. The Hall–Kier alpha value is -2.85. The van der Waals surface area contributed by atoms with Gasteiger partial charge in [0.05, 0.1) is 14.2 Å². The summed E-state index contributed by atoms with van der Waals surface area (Å²) in [6.07, 6.45) is 3.59. The van der Waals surface area contributed by atoms with Crippen molar-refractivity contribution in [2.45, 2.75) is 19.5 Å². The first kappa shape index (κ1) is 18.0. The first-order valence-corrected chi connectivity index (χ1v) is 8.66. The van der Waals surface area contributed by atoms with Gasteiger partial charge in [0.2, 0.25) is 0 Å². The van der Waals surface area contributed by atoms with Gasteiger partial charge in [0.1, 0.15) is 11.5 Å². The zero-order chi connectivity index (χ0) is 18.4. The maximum atomic E-state index is 5.52. The smallest absolute Gasteiger partial charge is 0.126 e. The van der Waals surface area contributed by atoms with Crippen LogP contribution in [-0.2, 0) is 6.54 Å². The van der Waals surface area contributed by atoms with E-state index >= 15 is 0 Å². The van der Waals surface area contributed by atoms with E-state index in [1.165, 1.54) is 11.1 Å². The van der Waals surface area contributed by atoms with E-state index in [9.17, 15) is 0 Å². The highest BCUT2D eigenvalue weighted by Gasteiger charge is 2.09. The van der Waals surface area contributed by atoms with Gasteiger partial charge >= 0.3 is 0 Å². The summed E-state index contributed by atoms with van der Waals surface area (Å²) in [5.74, 6) is 1.74. The number of pyridine rings is 1. The maximum Gasteiger partial charge on any atom is 0.126 e. The average Bonchev–Trinajstić information content (AvgIpc) is 2.72. The molecule has 0 saturated carbocycles. The van der Waals surface area contributed by atoms with Crippen molar-refractivity contribution in [1.82, 2.24) is 10.3 Å². The van der Waals surface area contributed by atoms with Gasteiger partial charge in [-0.1, -0.05) is 18.2 Å². The molecular formula is C22H24N2O2. The Bertz CT molecular complexity index is 850. The van der Waals surface area contributed by atoms with E-state index in [2.05, 4.69) is 41.5 Å². The lowest BCUT2D eigenvalue weighted by Crippen LogP contribution is -2.18. The number of ether oxygens (including phenoxy) is 2. The molecule has 3 aromatic rings. The van der Waals surface area contributed by atoms with E-state index in [0.717, 1.165) is 29.2 Å². The Morgan fingerprint density at radius 1 is 0.962 bits per heavy atom. The van der Waals surface area contributed by atoms with Crippen molar-refractivity contribution >= 4 is 0 Å². The van der Waals surface area contributed by atoms with E-state index in [-0.39, 0.29) is 6.04 Å². The lowest BCUT2D eigenvalue weighted by molar-refractivity contribution is 0.413. The summed E-state index contributed by atoms with van der Waals surface area (Å²) < 4.78 is 10.8. The fraction of sp³-hybridized carbons (Fsp3) is 0.227. The first-order chi connectivity index (χ1) is 12.7. The van der Waals surface area contributed by atoms with Gasteiger partial charge in [0.15, 0.2) is 0 Å². The number of hydrogen-bond donors (Lipinski definition) is 1. The monoisotopic (exact) mass is 348 g/mol. The number of nitrogens with zero attached hydrogens (tertiary/aromatic N) is 1. The van der Waals surface area contributed by atoms with Gasteiger partial charge in [0, 0.05) is 30.5 Å². The predicted molar refractivity (Wildman–Crippen MR) is 104 cm³/mol. The van der Waals surface area contributed by atoms with Crippen LogP contribution in [0.4, 0.5) is 0 Å². The van der Waals surface area contributed by atoms with Gasteiger partial charge in [-0.3, -0.25) is 4.98 Å². The van der Waals surface area contributed by atoms with Crippen LogP contribution in [0.2, 0.25) is 0 Å². The molecule has 0 aliphatic rings. The van der Waals surface area contributed by atoms with Crippen molar-refractivity contribution < 1.29 is 9.47 Å². The second kappa shape index (κ2) is 8.50. The van der Waals surface area contributed by atoms with Gasteiger partial charge in [-0.15, -0.1) is 0 Å². The van der Waals surface area contributed by atoms with E-state index in [0.29, 0.717) is 0 Å². The van der Waals surface area contributed by atoms with Gasteiger partial charge < -0.3 is 14.8 Å². The van der Waals surface area contributed by atoms with Crippen LogP contribution in [0.25, 0.3) is 11.1 Å². The third-order valence-electron chi connectivity index (χ3n) is 4.46. The van der Waals surface area contributed by atoms with E-state index in [4.69, 9.17) is 9.47 Å². The Balaban J connectivity index is 1.76. The summed E-state index contributed by atoms with van der Waals surface area (Å²) in [5.41, 5.74) is 4.57. The number of aromatic nitrogens is 1. The van der Waals surface area contributed by atoms with Crippen LogP contribution in [0, 0.1) is 0 Å². The molecular weight excluding hydrogens is 324 g/mol. The van der Waals surface area contributed by atoms with E-state index in [1.807, 2.05) is 30.3 Å². The Morgan fingerprint density at radius 2 is 1.77 bits per heavy atom. The van der Waals surface area contributed by atoms with Gasteiger partial charge in [-0.2, -0.15) is 0 Å². The summed E-state index contributed by atoms with van der Waals surface area (Å²) in [5, 5.41) is 3.57. The number of benzene rings is 2. The highest BCUT2D eigenvalue weighted by molar-refractivity contribution is 5.70. The number of methoxy groups -OCH3 is 2. The van der Waals surface area contributed by atoms with Crippen LogP contribution < -0.4 is 14.8 Å².